The Morgan fingerprint density at radius 1 is 0.667 bits per heavy atom. The summed E-state index contributed by atoms with van der Waals surface area (Å²) in [5.74, 6) is 0. The van der Waals surface area contributed by atoms with Crippen LogP contribution >= 0.6 is 22.7 Å². The van der Waals surface area contributed by atoms with Crippen LogP contribution in [0, 0.1) is 0 Å². The van der Waals surface area contributed by atoms with E-state index in [1.165, 1.54) is 39.6 Å². The molecule has 0 saturated heterocycles. The highest BCUT2D eigenvalue weighted by Crippen LogP contribution is 2.21. The van der Waals surface area contributed by atoms with Crippen LogP contribution in [0.3, 0.4) is 0 Å². The third kappa shape index (κ3) is 4.09. The minimum absolute atomic E-state index is 0.781. The van der Waals surface area contributed by atoms with Crippen LogP contribution in [-0.2, 0) is 19.6 Å². The number of benzene rings is 1. The lowest BCUT2D eigenvalue weighted by atomic mass is 10.2. The second kappa shape index (κ2) is 8.70. The minimum atomic E-state index is 0.781. The Bertz CT molecular complexity index is 1100. The largest absolute Gasteiger partial charge is 0.294 e. The van der Waals surface area contributed by atoms with Crippen LogP contribution in [0.25, 0.3) is 10.3 Å². The fourth-order valence-corrected chi connectivity index (χ4v) is 4.62. The molecule has 5 aromatic rings. The average Bonchev–Trinajstić information content (AvgIpc) is 3.54. The van der Waals surface area contributed by atoms with E-state index in [0.29, 0.717) is 0 Å². The molecule has 0 spiro atoms. The first-order valence-electron chi connectivity index (χ1n) is 9.48. The monoisotopic (exact) mass is 433 g/mol. The molecular weight excluding hydrogens is 414 g/mol. The van der Waals surface area contributed by atoms with Gasteiger partial charge in [-0.15, -0.1) is 20.4 Å². The lowest BCUT2D eigenvalue weighted by molar-refractivity contribution is 0.239. The Balaban J connectivity index is 1.44. The van der Waals surface area contributed by atoms with Gasteiger partial charge in [0.05, 0.1) is 0 Å². The van der Waals surface area contributed by atoms with Crippen LogP contribution in [0.1, 0.15) is 17.0 Å². The SMILES string of the molecule is c1ccc(CN(Cc2cccn2-c2nncs2)Cc2cccn2-c2nncs2)cc1. The third-order valence-electron chi connectivity index (χ3n) is 4.80. The molecule has 0 aliphatic carbocycles. The highest BCUT2D eigenvalue weighted by atomic mass is 32.1. The van der Waals surface area contributed by atoms with Crippen LogP contribution in [0.15, 0.2) is 78.0 Å². The smallest absolute Gasteiger partial charge is 0.216 e. The van der Waals surface area contributed by atoms with Gasteiger partial charge in [0.15, 0.2) is 0 Å². The maximum atomic E-state index is 4.23. The summed E-state index contributed by atoms with van der Waals surface area (Å²) in [4.78, 5) is 2.43. The highest BCUT2D eigenvalue weighted by Gasteiger charge is 2.15. The van der Waals surface area contributed by atoms with Crippen LogP contribution in [0.4, 0.5) is 0 Å². The molecule has 0 N–H and O–H groups in total. The maximum absolute atomic E-state index is 4.23. The van der Waals surface area contributed by atoms with Crippen molar-refractivity contribution in [3.63, 3.8) is 0 Å². The van der Waals surface area contributed by atoms with E-state index >= 15 is 0 Å². The standard InChI is InChI=1S/C21H19N7S2/c1-2-6-17(7-3-1)12-26(13-18-8-4-10-27(18)20-24-22-15-29-20)14-19-9-5-11-28(19)21-25-23-16-30-21/h1-11,15-16H,12-14H2. The number of rotatable bonds is 8. The molecule has 9 heteroatoms. The van der Waals surface area contributed by atoms with E-state index in [2.05, 4.69) is 89.0 Å². The number of aromatic nitrogens is 6. The van der Waals surface area contributed by atoms with Gasteiger partial charge in [0.25, 0.3) is 0 Å². The summed E-state index contributed by atoms with van der Waals surface area (Å²) < 4.78 is 4.22. The Morgan fingerprint density at radius 3 is 1.73 bits per heavy atom. The zero-order chi connectivity index (χ0) is 20.2. The van der Waals surface area contributed by atoms with Crippen LogP contribution in [-0.4, -0.2) is 34.4 Å². The summed E-state index contributed by atoms with van der Waals surface area (Å²) in [6.07, 6.45) is 4.08. The fraction of sp³-hybridized carbons (Fsp3) is 0.143. The van der Waals surface area contributed by atoms with E-state index in [1.54, 1.807) is 11.0 Å². The summed E-state index contributed by atoms with van der Waals surface area (Å²) in [7, 11) is 0. The molecule has 0 aliphatic heterocycles. The molecule has 5 rings (SSSR count). The topological polar surface area (TPSA) is 64.7 Å². The molecule has 0 aliphatic rings. The molecule has 0 amide bonds. The number of nitrogens with zero attached hydrogens (tertiary/aromatic N) is 7. The van der Waals surface area contributed by atoms with Gasteiger partial charge in [-0.25, -0.2) is 0 Å². The quantitative estimate of drug-likeness (QED) is 0.367. The molecule has 30 heavy (non-hydrogen) atoms. The molecule has 0 atom stereocenters. The Kier molecular flexibility index (Phi) is 5.47. The van der Waals surface area contributed by atoms with E-state index in [4.69, 9.17) is 0 Å². The van der Waals surface area contributed by atoms with Gasteiger partial charge in [-0.1, -0.05) is 53.0 Å². The van der Waals surface area contributed by atoms with Crippen LogP contribution < -0.4 is 0 Å². The van der Waals surface area contributed by atoms with Crippen molar-refractivity contribution in [3.8, 4) is 10.3 Å². The van der Waals surface area contributed by atoms with Gasteiger partial charge in [0, 0.05) is 43.4 Å². The second-order valence-electron chi connectivity index (χ2n) is 6.81. The van der Waals surface area contributed by atoms with Crippen molar-refractivity contribution < 1.29 is 0 Å². The second-order valence-corrected chi connectivity index (χ2v) is 8.44. The van der Waals surface area contributed by atoms with Crippen molar-refractivity contribution in [2.75, 3.05) is 0 Å². The predicted octanol–water partition coefficient (Wildman–Crippen LogP) is 4.17. The van der Waals surface area contributed by atoms with Gasteiger partial charge in [0.2, 0.25) is 10.3 Å². The van der Waals surface area contributed by atoms with Gasteiger partial charge in [-0.05, 0) is 29.8 Å². The molecule has 1 aromatic carbocycles. The van der Waals surface area contributed by atoms with Gasteiger partial charge in [-0.2, -0.15) is 0 Å². The summed E-state index contributed by atoms with van der Waals surface area (Å²) in [5, 5.41) is 18.2. The minimum Gasteiger partial charge on any atom is -0.294 e. The van der Waals surface area contributed by atoms with E-state index in [9.17, 15) is 0 Å². The van der Waals surface area contributed by atoms with Crippen molar-refractivity contribution in [2.45, 2.75) is 19.6 Å². The van der Waals surface area contributed by atoms with Crippen molar-refractivity contribution in [1.82, 2.24) is 34.4 Å². The normalized spacial score (nSPS) is 11.4. The van der Waals surface area contributed by atoms with Crippen molar-refractivity contribution in [1.29, 1.82) is 0 Å². The van der Waals surface area contributed by atoms with E-state index in [1.807, 2.05) is 12.4 Å². The predicted molar refractivity (Wildman–Crippen MR) is 118 cm³/mol. The van der Waals surface area contributed by atoms with Crippen molar-refractivity contribution >= 4 is 22.7 Å². The maximum Gasteiger partial charge on any atom is 0.216 e. The zero-order valence-electron chi connectivity index (χ0n) is 16.1. The molecule has 4 heterocycles. The molecule has 0 radical (unpaired) electrons. The fourth-order valence-electron chi connectivity index (χ4n) is 3.48. The summed E-state index contributed by atoms with van der Waals surface area (Å²) >= 11 is 3.07. The lowest BCUT2D eigenvalue weighted by Gasteiger charge is -2.23. The van der Waals surface area contributed by atoms with Crippen molar-refractivity contribution in [3.05, 3.63) is 95.0 Å². The first-order chi connectivity index (χ1) is 14.9. The van der Waals surface area contributed by atoms with Gasteiger partial charge in [0.1, 0.15) is 11.0 Å². The molecule has 0 saturated carbocycles. The summed E-state index contributed by atoms with van der Waals surface area (Å²) in [6, 6.07) is 19.0. The lowest BCUT2D eigenvalue weighted by Crippen LogP contribution is -2.24. The molecule has 4 aromatic heterocycles. The van der Waals surface area contributed by atoms with Crippen molar-refractivity contribution in [2.24, 2.45) is 0 Å². The Labute approximate surface area is 181 Å². The van der Waals surface area contributed by atoms with E-state index in [0.717, 1.165) is 29.9 Å². The van der Waals surface area contributed by atoms with Gasteiger partial charge >= 0.3 is 0 Å². The summed E-state index contributed by atoms with van der Waals surface area (Å²) in [6.45, 7) is 2.40. The molecular formula is C21H19N7S2. The molecule has 0 unspecified atom stereocenters. The van der Waals surface area contributed by atoms with Crippen LogP contribution in [0.5, 0.6) is 0 Å². The summed E-state index contributed by atoms with van der Waals surface area (Å²) in [5.41, 5.74) is 7.15. The Hall–Kier alpha value is -3.14. The molecule has 0 fully saturated rings. The third-order valence-corrected chi connectivity index (χ3v) is 6.17. The van der Waals surface area contributed by atoms with Gasteiger partial charge in [-0.3, -0.25) is 14.0 Å². The number of hydrogen-bond acceptors (Lipinski definition) is 7. The Morgan fingerprint density at radius 2 is 1.23 bits per heavy atom. The number of hydrogen-bond donors (Lipinski definition) is 0. The zero-order valence-corrected chi connectivity index (χ0v) is 17.7. The van der Waals surface area contributed by atoms with Crippen LogP contribution in [0.2, 0.25) is 0 Å². The van der Waals surface area contributed by atoms with E-state index in [-0.39, 0.29) is 0 Å². The molecule has 0 bridgehead atoms. The average molecular weight is 434 g/mol. The first kappa shape index (κ1) is 18.9. The molecule has 7 nitrogen and oxygen atoms in total. The van der Waals surface area contributed by atoms with Gasteiger partial charge < -0.3 is 0 Å². The highest BCUT2D eigenvalue weighted by molar-refractivity contribution is 7.12. The van der Waals surface area contributed by atoms with E-state index < -0.39 is 0 Å². The molecule has 150 valence electrons. The first-order valence-corrected chi connectivity index (χ1v) is 11.2.